The van der Waals surface area contributed by atoms with Crippen LogP contribution in [0.25, 0.3) is 0 Å². The lowest BCUT2D eigenvalue weighted by atomic mass is 10.1. The number of rotatable bonds is 6. The number of carbonyl (C=O) groups is 1. The van der Waals surface area contributed by atoms with Crippen molar-refractivity contribution < 1.29 is 23.7 Å². The Balaban J connectivity index is 1.15. The summed E-state index contributed by atoms with van der Waals surface area (Å²) in [7, 11) is 1.67. The van der Waals surface area contributed by atoms with Crippen LogP contribution in [0.15, 0.2) is 72.8 Å². The summed E-state index contributed by atoms with van der Waals surface area (Å²) in [5, 5.41) is 0.627. The van der Waals surface area contributed by atoms with Gasteiger partial charge >= 0.3 is 0 Å². The molecule has 0 aliphatic carbocycles. The first kappa shape index (κ1) is 25.0. The quantitative estimate of drug-likeness (QED) is 0.461. The van der Waals surface area contributed by atoms with Gasteiger partial charge < -0.3 is 19.1 Å². The number of carbonyl (C=O) groups excluding carboxylic acids is 1. The molecule has 3 aromatic carbocycles. The zero-order chi connectivity index (χ0) is 26.1. The first-order chi connectivity index (χ1) is 18.6. The van der Waals surface area contributed by atoms with Crippen molar-refractivity contribution in [3.8, 4) is 11.5 Å². The van der Waals surface area contributed by atoms with Gasteiger partial charge in [0.15, 0.2) is 0 Å². The van der Waals surface area contributed by atoms with Gasteiger partial charge in [-0.15, -0.1) is 0 Å². The van der Waals surface area contributed by atoms with Crippen molar-refractivity contribution in [2.75, 3.05) is 56.4 Å². The molecule has 3 aliphatic heterocycles. The number of methoxy groups -OCH3 is 1. The Kier molecular flexibility index (Phi) is 6.88. The summed E-state index contributed by atoms with van der Waals surface area (Å²) in [5.41, 5.74) is 2.69. The Labute approximate surface area is 227 Å². The number of anilines is 2. The molecule has 2 atom stereocenters. The number of fused-ring (bicyclic) bond motifs is 2. The Morgan fingerprint density at radius 1 is 0.947 bits per heavy atom. The molecule has 0 N–H and O–H groups in total. The molecule has 38 heavy (non-hydrogen) atoms. The fourth-order valence-electron chi connectivity index (χ4n) is 5.25. The summed E-state index contributed by atoms with van der Waals surface area (Å²) in [6.45, 7) is 4.19. The predicted octanol–water partition coefficient (Wildman–Crippen LogP) is 4.47. The molecular weight excluding hydrogens is 506 g/mol. The van der Waals surface area contributed by atoms with Gasteiger partial charge in [-0.25, -0.2) is 0 Å². The third-order valence-electron chi connectivity index (χ3n) is 7.26. The fraction of sp³-hybridized carbons (Fsp3) is 0.345. The van der Waals surface area contributed by atoms with Crippen molar-refractivity contribution in [2.24, 2.45) is 0 Å². The molecule has 0 bridgehead atoms. The maximum absolute atomic E-state index is 14.0. The normalized spacial score (nSPS) is 23.5. The van der Waals surface area contributed by atoms with Gasteiger partial charge in [-0.1, -0.05) is 29.8 Å². The molecule has 3 aliphatic rings. The smallest absolute Gasteiger partial charge is 0.293 e. The van der Waals surface area contributed by atoms with E-state index in [4.69, 9.17) is 30.5 Å². The van der Waals surface area contributed by atoms with Crippen LogP contribution < -0.4 is 19.3 Å². The molecule has 1 spiro atoms. The lowest BCUT2D eigenvalue weighted by Gasteiger charge is -2.39. The van der Waals surface area contributed by atoms with Crippen LogP contribution in [0.5, 0.6) is 11.5 Å². The van der Waals surface area contributed by atoms with E-state index in [1.807, 2.05) is 36.4 Å². The van der Waals surface area contributed by atoms with E-state index >= 15 is 0 Å². The molecule has 1 amide bonds. The van der Waals surface area contributed by atoms with Gasteiger partial charge in [0, 0.05) is 48.9 Å². The number of piperazine rings is 1. The summed E-state index contributed by atoms with van der Waals surface area (Å²) in [4.78, 5) is 20.4. The van der Waals surface area contributed by atoms with E-state index in [1.165, 1.54) is 5.69 Å². The second-order valence-electron chi connectivity index (χ2n) is 9.57. The van der Waals surface area contributed by atoms with Crippen LogP contribution in [0, 0.1) is 0 Å². The lowest BCUT2D eigenvalue weighted by molar-refractivity contribution is -0.316. The number of hydrogen-bond donors (Lipinski definition) is 0. The molecular formula is C29H30ClN3O5. The maximum Gasteiger partial charge on any atom is 0.293 e. The summed E-state index contributed by atoms with van der Waals surface area (Å²) in [6, 6.07) is 22.9. The first-order valence-electron chi connectivity index (χ1n) is 12.8. The number of benzene rings is 3. The van der Waals surface area contributed by atoms with Gasteiger partial charge in [0.05, 0.1) is 26.1 Å². The molecule has 0 saturated carbocycles. The van der Waals surface area contributed by atoms with Crippen molar-refractivity contribution >= 4 is 28.9 Å². The van der Waals surface area contributed by atoms with Crippen LogP contribution in [0.2, 0.25) is 5.02 Å². The van der Waals surface area contributed by atoms with Crippen LogP contribution in [0.4, 0.5) is 11.4 Å². The van der Waals surface area contributed by atoms with E-state index in [1.54, 1.807) is 36.3 Å². The number of amides is 1. The van der Waals surface area contributed by atoms with Gasteiger partial charge in [0.2, 0.25) is 6.29 Å². The summed E-state index contributed by atoms with van der Waals surface area (Å²) in [5.74, 6) is -0.264. The summed E-state index contributed by atoms with van der Waals surface area (Å²) < 4.78 is 23.8. The minimum atomic E-state index is -1.52. The zero-order valence-electron chi connectivity index (χ0n) is 21.2. The van der Waals surface area contributed by atoms with E-state index in [2.05, 4.69) is 21.9 Å². The van der Waals surface area contributed by atoms with Gasteiger partial charge in [-0.2, -0.15) is 0 Å². The minimum absolute atomic E-state index is 0.222. The molecule has 6 rings (SSSR count). The standard InChI is InChI=1S/C29H30ClN3O5/c1-35-23-12-8-22(9-13-23)32-17-15-31(16-18-32)20-33-26-5-3-2-4-25(26)29(28(33)34)36-19-14-27(38-29)37-24-10-6-21(30)7-11-24/h2-13,27H,14-20H2,1H3. The number of hydrogen-bond acceptors (Lipinski definition) is 7. The lowest BCUT2D eigenvalue weighted by Crippen LogP contribution is -2.55. The number of para-hydroxylation sites is 1. The van der Waals surface area contributed by atoms with E-state index in [0.29, 0.717) is 36.0 Å². The molecule has 2 unspecified atom stereocenters. The molecule has 3 aromatic rings. The second-order valence-corrected chi connectivity index (χ2v) is 10.0. The van der Waals surface area contributed by atoms with Crippen LogP contribution in [-0.2, 0) is 20.1 Å². The Hall–Kier alpha value is -3.30. The first-order valence-corrected chi connectivity index (χ1v) is 13.2. The highest BCUT2D eigenvalue weighted by Gasteiger charge is 2.57. The highest BCUT2D eigenvalue weighted by Crippen LogP contribution is 2.46. The number of nitrogens with zero attached hydrogens (tertiary/aromatic N) is 3. The average molecular weight is 536 g/mol. The largest absolute Gasteiger partial charge is 0.497 e. The molecule has 0 radical (unpaired) electrons. The van der Waals surface area contributed by atoms with Crippen LogP contribution in [-0.4, -0.2) is 63.7 Å². The summed E-state index contributed by atoms with van der Waals surface area (Å²) in [6.07, 6.45) is -0.123. The van der Waals surface area contributed by atoms with Crippen molar-refractivity contribution in [3.05, 3.63) is 83.4 Å². The maximum atomic E-state index is 14.0. The topological polar surface area (TPSA) is 63.7 Å². The average Bonchev–Trinajstić information content (AvgIpc) is 3.17. The van der Waals surface area contributed by atoms with E-state index in [-0.39, 0.29) is 5.91 Å². The molecule has 3 heterocycles. The third-order valence-corrected chi connectivity index (χ3v) is 7.52. The van der Waals surface area contributed by atoms with Gasteiger partial charge in [0.1, 0.15) is 11.5 Å². The van der Waals surface area contributed by atoms with Gasteiger partial charge in [0.25, 0.3) is 11.7 Å². The third kappa shape index (κ3) is 4.69. The highest BCUT2D eigenvalue weighted by molar-refractivity contribution is 6.30. The predicted molar refractivity (Wildman–Crippen MR) is 145 cm³/mol. The van der Waals surface area contributed by atoms with Gasteiger partial charge in [-0.05, 0) is 54.6 Å². The van der Waals surface area contributed by atoms with Crippen LogP contribution >= 0.6 is 11.6 Å². The minimum Gasteiger partial charge on any atom is -0.497 e. The van der Waals surface area contributed by atoms with E-state index in [9.17, 15) is 4.79 Å². The highest BCUT2D eigenvalue weighted by atomic mass is 35.5. The Morgan fingerprint density at radius 3 is 2.39 bits per heavy atom. The van der Waals surface area contributed by atoms with Crippen molar-refractivity contribution in [1.82, 2.24) is 4.90 Å². The van der Waals surface area contributed by atoms with Crippen LogP contribution in [0.1, 0.15) is 12.0 Å². The zero-order valence-corrected chi connectivity index (χ0v) is 22.0. The summed E-state index contributed by atoms with van der Waals surface area (Å²) >= 11 is 6.01. The molecule has 0 aromatic heterocycles. The molecule has 2 saturated heterocycles. The van der Waals surface area contributed by atoms with Crippen molar-refractivity contribution in [1.29, 1.82) is 0 Å². The van der Waals surface area contributed by atoms with Crippen LogP contribution in [0.3, 0.4) is 0 Å². The van der Waals surface area contributed by atoms with Gasteiger partial charge in [-0.3, -0.25) is 19.3 Å². The SMILES string of the molecule is COc1ccc(N2CCN(CN3C(=O)C4(OCCC(Oc5ccc(Cl)cc5)O4)c4ccccc43)CC2)cc1. The molecule has 198 valence electrons. The Bertz CT molecular complexity index is 1280. The fourth-order valence-corrected chi connectivity index (χ4v) is 5.37. The monoisotopic (exact) mass is 535 g/mol. The molecule has 9 heteroatoms. The Morgan fingerprint density at radius 2 is 1.66 bits per heavy atom. The number of halogens is 1. The van der Waals surface area contributed by atoms with E-state index in [0.717, 1.165) is 37.6 Å². The molecule has 8 nitrogen and oxygen atoms in total. The second kappa shape index (κ2) is 10.5. The van der Waals surface area contributed by atoms with Crippen molar-refractivity contribution in [3.63, 3.8) is 0 Å². The van der Waals surface area contributed by atoms with Crippen molar-refractivity contribution in [2.45, 2.75) is 18.5 Å². The number of ether oxygens (including phenoxy) is 4. The molecule has 2 fully saturated rings. The van der Waals surface area contributed by atoms with E-state index < -0.39 is 12.1 Å².